The number of ether oxygens (including phenoxy) is 1. The molecule has 10 heteroatoms. The minimum absolute atomic E-state index is 0.0690. The lowest BCUT2D eigenvalue weighted by atomic mass is 10.2. The summed E-state index contributed by atoms with van der Waals surface area (Å²) < 4.78 is 20.9. The lowest BCUT2D eigenvalue weighted by molar-refractivity contribution is 0.0954. The van der Waals surface area contributed by atoms with Crippen LogP contribution >= 0.6 is 11.3 Å². The van der Waals surface area contributed by atoms with Gasteiger partial charge >= 0.3 is 5.69 Å². The first-order chi connectivity index (χ1) is 15.4. The first-order valence-corrected chi connectivity index (χ1v) is 10.5. The van der Waals surface area contributed by atoms with Gasteiger partial charge in [0.15, 0.2) is 0 Å². The van der Waals surface area contributed by atoms with E-state index < -0.39 is 17.1 Å². The fourth-order valence-electron chi connectivity index (χ4n) is 3.27. The molecule has 8 nitrogen and oxygen atoms in total. The van der Waals surface area contributed by atoms with E-state index in [1.165, 1.54) is 35.9 Å². The molecule has 0 saturated heterocycles. The summed E-state index contributed by atoms with van der Waals surface area (Å²) >= 11 is 1.06. The number of carbonyl (C=O) groups excluding carboxylic acids is 1. The standard InChI is InChI=1S/C22H19FN4O4S/c1-13-20(29)26(11-15-4-3-5-16(23)8-15)22(30)27-12-17(32-21(13)27)19(28)25-10-14-6-7-24-18(9-14)31-2/h3-9,12H,10-11H2,1-2H3,(H,25,28). The Balaban J connectivity index is 1.64. The monoisotopic (exact) mass is 454 g/mol. The van der Waals surface area contributed by atoms with E-state index in [4.69, 9.17) is 4.74 Å². The molecular weight excluding hydrogens is 435 g/mol. The van der Waals surface area contributed by atoms with Crippen molar-refractivity contribution in [1.29, 1.82) is 0 Å². The van der Waals surface area contributed by atoms with Crippen LogP contribution in [0.1, 0.15) is 26.4 Å². The highest BCUT2D eigenvalue weighted by Crippen LogP contribution is 2.18. The molecule has 0 fully saturated rings. The van der Waals surface area contributed by atoms with Crippen molar-refractivity contribution in [3.63, 3.8) is 0 Å². The van der Waals surface area contributed by atoms with Gasteiger partial charge in [0.1, 0.15) is 15.5 Å². The summed E-state index contributed by atoms with van der Waals surface area (Å²) in [5.74, 6) is -0.390. The zero-order valence-corrected chi connectivity index (χ0v) is 18.1. The molecule has 3 heterocycles. The third-order valence-electron chi connectivity index (χ3n) is 4.91. The summed E-state index contributed by atoms with van der Waals surface area (Å²) in [6.45, 7) is 1.77. The van der Waals surface area contributed by atoms with E-state index in [0.717, 1.165) is 21.5 Å². The highest BCUT2D eigenvalue weighted by atomic mass is 32.1. The first kappa shape index (κ1) is 21.4. The van der Waals surface area contributed by atoms with Crippen LogP contribution in [-0.2, 0) is 13.1 Å². The number of carbonyl (C=O) groups is 1. The van der Waals surface area contributed by atoms with Crippen LogP contribution in [0.15, 0.2) is 58.4 Å². The fraction of sp³-hybridized carbons (Fsp3) is 0.182. The number of nitrogens with zero attached hydrogens (tertiary/aromatic N) is 3. The molecule has 0 bridgehead atoms. The molecule has 1 N–H and O–H groups in total. The average Bonchev–Trinajstić information content (AvgIpc) is 3.25. The topological polar surface area (TPSA) is 94.7 Å². The van der Waals surface area contributed by atoms with E-state index >= 15 is 0 Å². The van der Waals surface area contributed by atoms with Crippen molar-refractivity contribution >= 4 is 22.1 Å². The lowest BCUT2D eigenvalue weighted by Crippen LogP contribution is -2.38. The lowest BCUT2D eigenvalue weighted by Gasteiger charge is -2.07. The fourth-order valence-corrected chi connectivity index (χ4v) is 4.27. The van der Waals surface area contributed by atoms with Gasteiger partial charge in [0, 0.05) is 30.6 Å². The number of fused-ring (bicyclic) bond motifs is 1. The normalized spacial score (nSPS) is 11.0. The maximum atomic E-state index is 13.5. The van der Waals surface area contributed by atoms with Gasteiger partial charge in [0.05, 0.1) is 13.7 Å². The van der Waals surface area contributed by atoms with Crippen molar-refractivity contribution in [3.8, 4) is 5.88 Å². The van der Waals surface area contributed by atoms with Gasteiger partial charge in [-0.05, 0) is 36.2 Å². The van der Waals surface area contributed by atoms with Gasteiger partial charge in [0.2, 0.25) is 5.88 Å². The molecule has 0 saturated carbocycles. The Morgan fingerprint density at radius 2 is 2.03 bits per heavy atom. The molecule has 4 aromatic rings. The summed E-state index contributed by atoms with van der Waals surface area (Å²) in [5.41, 5.74) is 0.564. The number of thiazole rings is 1. The van der Waals surface area contributed by atoms with Crippen LogP contribution < -0.4 is 21.3 Å². The maximum Gasteiger partial charge on any atom is 0.336 e. The second kappa shape index (κ2) is 8.75. The number of halogens is 1. The minimum Gasteiger partial charge on any atom is -0.481 e. The van der Waals surface area contributed by atoms with Crippen LogP contribution in [0.4, 0.5) is 4.39 Å². The number of aromatic nitrogens is 3. The Labute approximate surface area is 185 Å². The van der Waals surface area contributed by atoms with Gasteiger partial charge in [-0.1, -0.05) is 12.1 Å². The van der Waals surface area contributed by atoms with Crippen molar-refractivity contribution in [2.24, 2.45) is 0 Å². The minimum atomic E-state index is -0.589. The molecule has 0 aliphatic rings. The van der Waals surface area contributed by atoms with E-state index in [0.29, 0.717) is 21.8 Å². The van der Waals surface area contributed by atoms with E-state index in [9.17, 15) is 18.8 Å². The SMILES string of the molecule is COc1cc(CNC(=O)c2cn3c(=O)n(Cc4cccc(F)c4)c(=O)c(C)c3s2)ccn1. The molecule has 1 amide bonds. The number of hydrogen-bond acceptors (Lipinski definition) is 6. The Morgan fingerprint density at radius 3 is 2.78 bits per heavy atom. The number of methoxy groups -OCH3 is 1. The predicted molar refractivity (Wildman–Crippen MR) is 118 cm³/mol. The Bertz CT molecular complexity index is 1440. The molecule has 0 unspecified atom stereocenters. The van der Waals surface area contributed by atoms with E-state index in [1.807, 2.05) is 0 Å². The van der Waals surface area contributed by atoms with Gasteiger partial charge in [-0.2, -0.15) is 0 Å². The van der Waals surface area contributed by atoms with Crippen molar-refractivity contribution < 1.29 is 13.9 Å². The van der Waals surface area contributed by atoms with Crippen LogP contribution in [0.3, 0.4) is 0 Å². The van der Waals surface area contributed by atoms with Gasteiger partial charge < -0.3 is 10.1 Å². The van der Waals surface area contributed by atoms with E-state index in [2.05, 4.69) is 10.3 Å². The summed E-state index contributed by atoms with van der Waals surface area (Å²) in [4.78, 5) is 43.1. The van der Waals surface area contributed by atoms with Crippen LogP contribution in [-0.4, -0.2) is 27.0 Å². The number of nitrogens with one attached hydrogen (secondary N) is 1. The number of benzene rings is 1. The van der Waals surface area contributed by atoms with Gasteiger partial charge in [-0.15, -0.1) is 11.3 Å². The van der Waals surface area contributed by atoms with E-state index in [-0.39, 0.29) is 23.9 Å². The summed E-state index contributed by atoms with van der Waals surface area (Å²) in [5, 5.41) is 2.79. The van der Waals surface area contributed by atoms with Crippen LogP contribution in [0.5, 0.6) is 5.88 Å². The Morgan fingerprint density at radius 1 is 1.22 bits per heavy atom. The van der Waals surface area contributed by atoms with E-state index in [1.54, 1.807) is 31.3 Å². The average molecular weight is 454 g/mol. The molecule has 32 heavy (non-hydrogen) atoms. The molecule has 0 aliphatic heterocycles. The molecule has 0 radical (unpaired) electrons. The molecule has 4 rings (SSSR count). The molecule has 0 spiro atoms. The number of amides is 1. The van der Waals surface area contributed by atoms with Crippen molar-refractivity contribution in [1.82, 2.24) is 19.3 Å². The quantitative estimate of drug-likeness (QED) is 0.483. The van der Waals surface area contributed by atoms with Gasteiger partial charge in [0.25, 0.3) is 11.5 Å². The summed E-state index contributed by atoms with van der Waals surface area (Å²) in [6.07, 6.45) is 3.00. The highest BCUT2D eigenvalue weighted by Gasteiger charge is 2.18. The Hall–Kier alpha value is -3.79. The van der Waals surface area contributed by atoms with Crippen molar-refractivity contribution in [2.45, 2.75) is 20.0 Å². The summed E-state index contributed by atoms with van der Waals surface area (Å²) in [7, 11) is 1.51. The second-order valence-corrected chi connectivity index (χ2v) is 8.12. The van der Waals surface area contributed by atoms with Crippen molar-refractivity contribution in [3.05, 3.63) is 97.0 Å². The highest BCUT2D eigenvalue weighted by molar-refractivity contribution is 7.19. The molecule has 164 valence electrons. The first-order valence-electron chi connectivity index (χ1n) is 9.64. The number of aryl methyl sites for hydroxylation is 1. The largest absolute Gasteiger partial charge is 0.481 e. The zero-order valence-electron chi connectivity index (χ0n) is 17.3. The van der Waals surface area contributed by atoms with Crippen LogP contribution in [0, 0.1) is 12.7 Å². The molecule has 1 aromatic carbocycles. The third-order valence-corrected chi connectivity index (χ3v) is 6.12. The zero-order chi connectivity index (χ0) is 22.8. The predicted octanol–water partition coefficient (Wildman–Crippen LogP) is 2.35. The molecule has 0 aliphatic carbocycles. The summed E-state index contributed by atoms with van der Waals surface area (Å²) in [6, 6.07) is 9.18. The second-order valence-electron chi connectivity index (χ2n) is 7.09. The van der Waals surface area contributed by atoms with Crippen LogP contribution in [0.25, 0.3) is 4.83 Å². The number of pyridine rings is 1. The van der Waals surface area contributed by atoms with Gasteiger partial charge in [-0.25, -0.2) is 14.2 Å². The number of rotatable bonds is 6. The maximum absolute atomic E-state index is 13.5. The molecular formula is C22H19FN4O4S. The number of hydrogen-bond donors (Lipinski definition) is 1. The Kier molecular flexibility index (Phi) is 5.87. The molecule has 0 atom stereocenters. The van der Waals surface area contributed by atoms with Gasteiger partial charge in [-0.3, -0.25) is 18.6 Å². The van der Waals surface area contributed by atoms with Crippen molar-refractivity contribution in [2.75, 3.05) is 7.11 Å². The van der Waals surface area contributed by atoms with Crippen LogP contribution in [0.2, 0.25) is 0 Å². The smallest absolute Gasteiger partial charge is 0.336 e. The molecule has 3 aromatic heterocycles. The third kappa shape index (κ3) is 4.17.